The van der Waals surface area contributed by atoms with E-state index in [1.807, 2.05) is 17.4 Å². The van der Waals surface area contributed by atoms with Gasteiger partial charge >= 0.3 is 174 Å². The zero-order valence-electron chi connectivity index (χ0n) is 17.5. The number of hydrogen-bond donors (Lipinski definition) is 0. The van der Waals surface area contributed by atoms with Crippen LogP contribution in [0.3, 0.4) is 0 Å². The van der Waals surface area contributed by atoms with Crippen molar-refractivity contribution in [1.29, 1.82) is 5.26 Å². The fourth-order valence-electron chi connectivity index (χ4n) is 3.49. The van der Waals surface area contributed by atoms with Crippen LogP contribution in [0.4, 0.5) is 0 Å². The van der Waals surface area contributed by atoms with Crippen LogP contribution in [0.5, 0.6) is 0 Å². The van der Waals surface area contributed by atoms with Crippen LogP contribution in [0.2, 0.25) is 13.3 Å². The Balaban J connectivity index is 3.19. The minimum absolute atomic E-state index is 0.0988. The van der Waals surface area contributed by atoms with E-state index in [0.717, 1.165) is 4.88 Å². The number of nitriles is 1. The minimum atomic E-state index is -2.43. The van der Waals surface area contributed by atoms with Crippen LogP contribution in [0.25, 0.3) is 6.08 Å². The molecular weight excluding hydrogens is 461 g/mol. The topological polar surface area (TPSA) is 50.1 Å². The van der Waals surface area contributed by atoms with Gasteiger partial charge in [-0.3, -0.25) is 0 Å². The van der Waals surface area contributed by atoms with Gasteiger partial charge in [0.25, 0.3) is 0 Å². The van der Waals surface area contributed by atoms with Crippen LogP contribution < -0.4 is 2.89 Å². The Labute approximate surface area is 173 Å². The number of carbonyl (C=O) groups is 1. The van der Waals surface area contributed by atoms with Crippen LogP contribution in [0, 0.1) is 11.3 Å². The molecule has 0 amide bonds. The van der Waals surface area contributed by atoms with Gasteiger partial charge in [-0.2, -0.15) is 0 Å². The van der Waals surface area contributed by atoms with Gasteiger partial charge in [0.1, 0.15) is 0 Å². The van der Waals surface area contributed by atoms with Crippen LogP contribution in [0.1, 0.15) is 71.1 Å². The molecule has 0 atom stereocenters. The Morgan fingerprint density at radius 2 is 1.63 bits per heavy atom. The summed E-state index contributed by atoms with van der Waals surface area (Å²) in [6.07, 6.45) is 9.49. The molecule has 3 nitrogen and oxygen atoms in total. The SMILES string of the molecule is CCC[CH2][Sn]([CH2]CCC)([CH2]CCC)[c]1ccc(C=C(C#N)C(=O)OCC)s1. The summed E-state index contributed by atoms with van der Waals surface area (Å²) in [5, 5.41) is 9.30. The van der Waals surface area contributed by atoms with E-state index in [1.54, 1.807) is 15.9 Å². The van der Waals surface area contributed by atoms with E-state index in [1.165, 1.54) is 51.8 Å². The van der Waals surface area contributed by atoms with Crippen molar-refractivity contribution in [2.75, 3.05) is 6.61 Å². The second-order valence-electron chi connectivity index (χ2n) is 7.18. The van der Waals surface area contributed by atoms with Crippen LogP contribution >= 0.6 is 11.3 Å². The molecule has 0 saturated heterocycles. The first kappa shape index (κ1) is 24.2. The van der Waals surface area contributed by atoms with Crippen LogP contribution in [-0.4, -0.2) is 31.0 Å². The van der Waals surface area contributed by atoms with Crippen molar-refractivity contribution in [3.8, 4) is 6.07 Å². The standard InChI is InChI=1S/C10H8NO2S.3C4H9.Sn/c1-2-13-10(12)8(7-11)6-9-4-3-5-14-9;3*1-3-4-2;/h3-4,6H,2H2,1H3;3*1,3-4H2,2H3;. The second kappa shape index (κ2) is 13.4. The molecule has 27 heavy (non-hydrogen) atoms. The summed E-state index contributed by atoms with van der Waals surface area (Å²) >= 11 is -0.599. The summed E-state index contributed by atoms with van der Waals surface area (Å²) in [4.78, 5) is 12.9. The van der Waals surface area contributed by atoms with Crippen LogP contribution in [-0.2, 0) is 9.53 Å². The first-order chi connectivity index (χ1) is 13.1. The van der Waals surface area contributed by atoms with Crippen molar-refractivity contribution in [2.45, 2.75) is 79.5 Å². The van der Waals surface area contributed by atoms with Crippen molar-refractivity contribution in [3.05, 3.63) is 22.6 Å². The molecule has 5 heteroatoms. The molecule has 0 aliphatic rings. The van der Waals surface area contributed by atoms with Gasteiger partial charge in [-0.05, 0) is 0 Å². The summed E-state index contributed by atoms with van der Waals surface area (Å²) < 4.78 is 10.9. The number of thiophene rings is 1. The predicted octanol–water partition coefficient (Wildman–Crippen LogP) is 6.27. The molecule has 0 bridgehead atoms. The molecule has 150 valence electrons. The van der Waals surface area contributed by atoms with Gasteiger partial charge in [-0.1, -0.05) is 0 Å². The molecule has 0 spiro atoms. The van der Waals surface area contributed by atoms with Gasteiger partial charge in [0, 0.05) is 0 Å². The zero-order valence-corrected chi connectivity index (χ0v) is 21.1. The molecule has 0 N–H and O–H groups in total. The van der Waals surface area contributed by atoms with Crippen molar-refractivity contribution >= 4 is 44.7 Å². The summed E-state index contributed by atoms with van der Waals surface area (Å²) in [6, 6.07) is 6.41. The van der Waals surface area contributed by atoms with E-state index < -0.39 is 24.3 Å². The van der Waals surface area contributed by atoms with Gasteiger partial charge < -0.3 is 0 Å². The van der Waals surface area contributed by atoms with E-state index in [-0.39, 0.29) is 12.2 Å². The number of ether oxygens (including phenoxy) is 1. The van der Waals surface area contributed by atoms with Crippen molar-refractivity contribution in [3.63, 3.8) is 0 Å². The maximum atomic E-state index is 11.9. The molecule has 0 fully saturated rings. The number of rotatable bonds is 13. The quantitative estimate of drug-likeness (QED) is 0.140. The summed E-state index contributed by atoms with van der Waals surface area (Å²) in [5.74, 6) is -0.521. The first-order valence-electron chi connectivity index (χ1n) is 10.5. The van der Waals surface area contributed by atoms with E-state index in [4.69, 9.17) is 4.74 Å². The monoisotopic (exact) mass is 497 g/mol. The molecule has 0 saturated carbocycles. The fraction of sp³-hybridized carbons (Fsp3) is 0.636. The summed E-state index contributed by atoms with van der Waals surface area (Å²) in [5.41, 5.74) is 0.0988. The van der Waals surface area contributed by atoms with Gasteiger partial charge in [-0.25, -0.2) is 0 Å². The third-order valence-electron chi connectivity index (χ3n) is 5.08. The number of nitrogens with zero attached hydrogens (tertiary/aromatic N) is 1. The van der Waals surface area contributed by atoms with Crippen molar-refractivity contribution in [2.24, 2.45) is 0 Å². The number of hydrogen-bond acceptors (Lipinski definition) is 4. The Morgan fingerprint density at radius 1 is 1.07 bits per heavy atom. The molecular formula is C22H35NO2SSn. The normalized spacial score (nSPS) is 12.0. The fourth-order valence-corrected chi connectivity index (χ4v) is 23.6. The molecule has 1 rings (SSSR count). The predicted molar refractivity (Wildman–Crippen MR) is 119 cm³/mol. The van der Waals surface area contributed by atoms with E-state index in [9.17, 15) is 10.1 Å². The molecule has 1 aromatic rings. The molecule has 1 heterocycles. The number of esters is 1. The molecule has 0 radical (unpaired) electrons. The Morgan fingerprint density at radius 3 is 2.07 bits per heavy atom. The van der Waals surface area contributed by atoms with E-state index >= 15 is 0 Å². The van der Waals surface area contributed by atoms with Gasteiger partial charge in [-0.15, -0.1) is 0 Å². The van der Waals surface area contributed by atoms with Crippen LogP contribution in [0.15, 0.2) is 17.7 Å². The third-order valence-corrected chi connectivity index (χ3v) is 24.4. The van der Waals surface area contributed by atoms with Gasteiger partial charge in [0.05, 0.1) is 0 Å². The molecule has 0 aliphatic heterocycles. The molecule has 0 unspecified atom stereocenters. The molecule has 1 aromatic heterocycles. The van der Waals surface area contributed by atoms with Gasteiger partial charge in [0.2, 0.25) is 0 Å². The average Bonchev–Trinajstić information content (AvgIpc) is 3.15. The Bertz CT molecular complexity index is 623. The molecule has 0 aliphatic carbocycles. The van der Waals surface area contributed by atoms with Crippen molar-refractivity contribution in [1.82, 2.24) is 0 Å². The Hall–Kier alpha value is -0.801. The third kappa shape index (κ3) is 7.62. The maximum absolute atomic E-state index is 11.9. The Kier molecular flexibility index (Phi) is 12.0. The van der Waals surface area contributed by atoms with E-state index in [2.05, 4.69) is 32.9 Å². The second-order valence-corrected chi connectivity index (χ2v) is 22.5. The van der Waals surface area contributed by atoms with E-state index in [0.29, 0.717) is 0 Å². The first-order valence-corrected chi connectivity index (χ1v) is 18.8. The average molecular weight is 496 g/mol. The molecule has 0 aromatic carbocycles. The van der Waals surface area contributed by atoms with Crippen molar-refractivity contribution < 1.29 is 9.53 Å². The summed E-state index contributed by atoms with van der Waals surface area (Å²) in [6.45, 7) is 8.92. The zero-order chi connectivity index (χ0) is 20.1. The summed E-state index contributed by atoms with van der Waals surface area (Å²) in [7, 11) is 0. The van der Waals surface area contributed by atoms with Gasteiger partial charge in [0.15, 0.2) is 0 Å². The number of unbranched alkanes of at least 4 members (excludes halogenated alkanes) is 3. The number of carbonyl (C=O) groups excluding carboxylic acids is 1.